The van der Waals surface area contributed by atoms with Gasteiger partial charge in [0.2, 0.25) is 11.8 Å². The van der Waals surface area contributed by atoms with Crippen LogP contribution in [0.25, 0.3) is 0 Å². The summed E-state index contributed by atoms with van der Waals surface area (Å²) in [5, 5.41) is 2.82. The van der Waals surface area contributed by atoms with Crippen molar-refractivity contribution < 1.29 is 19.1 Å². The molecule has 1 aliphatic rings. The summed E-state index contributed by atoms with van der Waals surface area (Å²) in [4.78, 5) is 25.4. The van der Waals surface area contributed by atoms with Crippen molar-refractivity contribution in [3.05, 3.63) is 48.5 Å². The average Bonchev–Trinajstić information content (AvgIpc) is 3.03. The Morgan fingerprint density at radius 1 is 1.15 bits per heavy atom. The Bertz CT molecular complexity index is 779. The number of thioether (sulfide) groups is 1. The molecule has 0 radical (unpaired) electrons. The van der Waals surface area contributed by atoms with Gasteiger partial charge in [-0.2, -0.15) is 0 Å². The molecule has 1 saturated heterocycles. The van der Waals surface area contributed by atoms with E-state index in [1.165, 1.54) is 16.7 Å². The molecule has 0 atom stereocenters. The maximum absolute atomic E-state index is 12.2. The Kier molecular flexibility index (Phi) is 6.01. The molecule has 26 heavy (non-hydrogen) atoms. The maximum atomic E-state index is 12.2. The molecule has 0 spiro atoms. The lowest BCUT2D eigenvalue weighted by Gasteiger charge is -2.16. The van der Waals surface area contributed by atoms with Crippen LogP contribution in [0.3, 0.4) is 0 Å². The van der Waals surface area contributed by atoms with Gasteiger partial charge in [0.25, 0.3) is 0 Å². The van der Waals surface area contributed by atoms with Gasteiger partial charge in [-0.1, -0.05) is 12.1 Å². The zero-order valence-corrected chi connectivity index (χ0v) is 15.3. The fourth-order valence-electron chi connectivity index (χ4n) is 2.46. The quantitative estimate of drug-likeness (QED) is 0.807. The van der Waals surface area contributed by atoms with Crippen molar-refractivity contribution in [1.29, 1.82) is 0 Å². The third-order valence-electron chi connectivity index (χ3n) is 3.68. The number of hydrogen-bond donors (Lipinski definition) is 1. The summed E-state index contributed by atoms with van der Waals surface area (Å²) in [6.07, 6.45) is 0. The average molecular weight is 372 g/mol. The summed E-state index contributed by atoms with van der Waals surface area (Å²) >= 11 is 1.51. The predicted octanol–water partition coefficient (Wildman–Crippen LogP) is 3.35. The molecule has 2 aromatic carbocycles. The van der Waals surface area contributed by atoms with E-state index in [4.69, 9.17) is 9.47 Å². The van der Waals surface area contributed by atoms with Crippen LogP contribution in [0.5, 0.6) is 17.2 Å². The van der Waals surface area contributed by atoms with Crippen molar-refractivity contribution in [1.82, 2.24) is 4.90 Å². The highest BCUT2D eigenvalue weighted by Gasteiger charge is 2.23. The molecule has 1 N–H and O–H groups in total. The lowest BCUT2D eigenvalue weighted by Crippen LogP contribution is -2.34. The first-order valence-corrected chi connectivity index (χ1v) is 9.46. The summed E-state index contributed by atoms with van der Waals surface area (Å²) in [7, 11) is 0. The molecule has 1 aliphatic heterocycles. The molecule has 0 aliphatic carbocycles. The highest BCUT2D eigenvalue weighted by Crippen LogP contribution is 2.30. The van der Waals surface area contributed by atoms with E-state index in [1.807, 2.05) is 43.3 Å². The number of anilines is 1. The van der Waals surface area contributed by atoms with Crippen LogP contribution < -0.4 is 14.8 Å². The van der Waals surface area contributed by atoms with E-state index in [2.05, 4.69) is 5.32 Å². The van der Waals surface area contributed by atoms with Gasteiger partial charge in [0.05, 0.1) is 23.9 Å². The van der Waals surface area contributed by atoms with E-state index in [0.717, 1.165) is 5.75 Å². The minimum Gasteiger partial charge on any atom is -0.494 e. The predicted molar refractivity (Wildman–Crippen MR) is 102 cm³/mol. The molecule has 7 heteroatoms. The van der Waals surface area contributed by atoms with E-state index in [-0.39, 0.29) is 18.4 Å². The third kappa shape index (κ3) is 4.70. The molecule has 1 heterocycles. The minimum atomic E-state index is -0.247. The Morgan fingerprint density at radius 2 is 1.88 bits per heavy atom. The van der Waals surface area contributed by atoms with Gasteiger partial charge in [-0.05, 0) is 43.3 Å². The van der Waals surface area contributed by atoms with E-state index in [9.17, 15) is 9.59 Å². The molecule has 0 bridgehead atoms. The standard InChI is InChI=1S/C19H20N2O4S/c1-2-24-14-7-9-15(10-8-14)25-17-6-4-3-5-16(17)20-18(22)11-21-13-26-12-19(21)23/h3-10H,2,11-13H2,1H3,(H,20,22). The molecule has 2 amide bonds. The number of carbonyl (C=O) groups is 2. The number of benzene rings is 2. The highest BCUT2D eigenvalue weighted by atomic mass is 32.2. The molecule has 0 unspecified atom stereocenters. The second-order valence-electron chi connectivity index (χ2n) is 5.62. The van der Waals surface area contributed by atoms with Crippen molar-refractivity contribution >= 4 is 29.3 Å². The van der Waals surface area contributed by atoms with Crippen molar-refractivity contribution in [2.75, 3.05) is 30.1 Å². The number of carbonyl (C=O) groups excluding carboxylic acids is 2. The monoisotopic (exact) mass is 372 g/mol. The van der Waals surface area contributed by atoms with E-state index >= 15 is 0 Å². The summed E-state index contributed by atoms with van der Waals surface area (Å²) in [6.45, 7) is 2.58. The molecule has 2 aromatic rings. The smallest absolute Gasteiger partial charge is 0.244 e. The van der Waals surface area contributed by atoms with Gasteiger partial charge in [0.1, 0.15) is 18.0 Å². The first-order chi connectivity index (χ1) is 12.7. The van der Waals surface area contributed by atoms with Crippen LogP contribution in [0.2, 0.25) is 0 Å². The second kappa shape index (κ2) is 8.62. The van der Waals surface area contributed by atoms with E-state index in [0.29, 0.717) is 35.4 Å². The lowest BCUT2D eigenvalue weighted by molar-refractivity contribution is -0.130. The fraction of sp³-hybridized carbons (Fsp3) is 0.263. The van der Waals surface area contributed by atoms with Crippen LogP contribution in [0.1, 0.15) is 6.92 Å². The number of ether oxygens (including phenoxy) is 2. The highest BCUT2D eigenvalue weighted by molar-refractivity contribution is 8.00. The van der Waals surface area contributed by atoms with Gasteiger partial charge in [0.15, 0.2) is 5.75 Å². The Balaban J connectivity index is 1.65. The number of para-hydroxylation sites is 2. The first-order valence-electron chi connectivity index (χ1n) is 8.31. The SMILES string of the molecule is CCOc1ccc(Oc2ccccc2NC(=O)CN2CSCC2=O)cc1. The van der Waals surface area contributed by atoms with Crippen LogP contribution >= 0.6 is 11.8 Å². The summed E-state index contributed by atoms with van der Waals surface area (Å²) in [5.74, 6) is 2.68. The molecule has 0 saturated carbocycles. The summed E-state index contributed by atoms with van der Waals surface area (Å²) < 4.78 is 11.3. The van der Waals surface area contributed by atoms with Gasteiger partial charge < -0.3 is 19.7 Å². The van der Waals surface area contributed by atoms with Crippen LogP contribution in [0.4, 0.5) is 5.69 Å². The van der Waals surface area contributed by atoms with Crippen LogP contribution in [-0.4, -0.2) is 41.5 Å². The lowest BCUT2D eigenvalue weighted by atomic mass is 10.2. The summed E-state index contributed by atoms with van der Waals surface area (Å²) in [5.41, 5.74) is 0.561. The van der Waals surface area contributed by atoms with E-state index < -0.39 is 0 Å². The largest absolute Gasteiger partial charge is 0.494 e. The fourth-order valence-corrected chi connectivity index (χ4v) is 3.36. The van der Waals surface area contributed by atoms with Gasteiger partial charge in [-0.15, -0.1) is 11.8 Å². The maximum Gasteiger partial charge on any atom is 0.244 e. The van der Waals surface area contributed by atoms with Crippen molar-refractivity contribution in [2.45, 2.75) is 6.92 Å². The topological polar surface area (TPSA) is 67.9 Å². The van der Waals surface area contributed by atoms with E-state index in [1.54, 1.807) is 12.1 Å². The zero-order valence-electron chi connectivity index (χ0n) is 14.4. The minimum absolute atomic E-state index is 0.0101. The Morgan fingerprint density at radius 3 is 2.58 bits per heavy atom. The van der Waals surface area contributed by atoms with Crippen LogP contribution in [-0.2, 0) is 9.59 Å². The molecule has 6 nitrogen and oxygen atoms in total. The zero-order chi connectivity index (χ0) is 18.4. The summed E-state index contributed by atoms with van der Waals surface area (Å²) in [6, 6.07) is 14.5. The molecule has 0 aromatic heterocycles. The van der Waals surface area contributed by atoms with Crippen molar-refractivity contribution in [3.63, 3.8) is 0 Å². The number of nitrogens with one attached hydrogen (secondary N) is 1. The second-order valence-corrected chi connectivity index (χ2v) is 6.58. The normalized spacial score (nSPS) is 13.6. The number of amides is 2. The van der Waals surface area contributed by atoms with Gasteiger partial charge in [-0.3, -0.25) is 9.59 Å². The Labute approximate surface area is 156 Å². The Hall–Kier alpha value is -2.67. The van der Waals surface area contributed by atoms with Gasteiger partial charge in [0, 0.05) is 0 Å². The van der Waals surface area contributed by atoms with Gasteiger partial charge >= 0.3 is 0 Å². The molecule has 3 rings (SSSR count). The van der Waals surface area contributed by atoms with Crippen molar-refractivity contribution in [3.8, 4) is 17.2 Å². The van der Waals surface area contributed by atoms with Crippen molar-refractivity contribution in [2.24, 2.45) is 0 Å². The molecule has 1 fully saturated rings. The first kappa shape index (κ1) is 18.1. The number of nitrogens with zero attached hydrogens (tertiary/aromatic N) is 1. The number of hydrogen-bond acceptors (Lipinski definition) is 5. The number of rotatable bonds is 7. The molecular weight excluding hydrogens is 352 g/mol. The third-order valence-corrected chi connectivity index (χ3v) is 4.63. The van der Waals surface area contributed by atoms with Gasteiger partial charge in [-0.25, -0.2) is 0 Å². The molecule has 136 valence electrons. The molecular formula is C19H20N2O4S. The van der Waals surface area contributed by atoms with Crippen LogP contribution in [0.15, 0.2) is 48.5 Å². The van der Waals surface area contributed by atoms with Crippen LogP contribution in [0, 0.1) is 0 Å².